The lowest BCUT2D eigenvalue weighted by Crippen LogP contribution is -2.51. The van der Waals surface area contributed by atoms with E-state index in [0.29, 0.717) is 43.3 Å². The number of benzene rings is 1. The third kappa shape index (κ3) is 4.20. The molecule has 0 amide bonds. The van der Waals surface area contributed by atoms with Crippen molar-refractivity contribution in [3.05, 3.63) is 44.8 Å². The molecule has 9 heteroatoms. The van der Waals surface area contributed by atoms with Crippen molar-refractivity contribution >= 4 is 32.8 Å². The van der Waals surface area contributed by atoms with E-state index in [4.69, 9.17) is 16.0 Å². The maximum atomic E-state index is 12.2. The van der Waals surface area contributed by atoms with Crippen LogP contribution in [0.15, 0.2) is 27.4 Å². The Labute approximate surface area is 164 Å². The van der Waals surface area contributed by atoms with Crippen LogP contribution >= 0.6 is 11.6 Å². The highest BCUT2D eigenvalue weighted by atomic mass is 35.5. The first-order valence-electron chi connectivity index (χ1n) is 8.87. The molecule has 0 aliphatic carbocycles. The predicted molar refractivity (Wildman–Crippen MR) is 106 cm³/mol. The molecule has 1 aromatic carbocycles. The Morgan fingerprint density at radius 1 is 1.11 bits per heavy atom. The van der Waals surface area contributed by atoms with Gasteiger partial charge in [0.15, 0.2) is 0 Å². The van der Waals surface area contributed by atoms with E-state index in [1.165, 1.54) is 28.8 Å². The smallest absolute Gasteiger partial charge is 0.336 e. The summed E-state index contributed by atoms with van der Waals surface area (Å²) >= 11 is 6.35. The van der Waals surface area contributed by atoms with E-state index in [1.807, 2.05) is 19.1 Å². The number of nitrogens with zero attached hydrogens (tertiary/aromatic N) is 3. The van der Waals surface area contributed by atoms with Gasteiger partial charge in [-0.2, -0.15) is 17.0 Å². The molecule has 0 N–H and O–H groups in total. The van der Waals surface area contributed by atoms with Gasteiger partial charge in [-0.25, -0.2) is 4.79 Å². The van der Waals surface area contributed by atoms with Crippen molar-refractivity contribution in [3.8, 4) is 0 Å². The number of hydrogen-bond acceptors (Lipinski definition) is 5. The molecular formula is C18H24ClN3O4S. The van der Waals surface area contributed by atoms with Crippen molar-refractivity contribution in [2.24, 2.45) is 0 Å². The molecule has 0 radical (unpaired) electrons. The van der Waals surface area contributed by atoms with Gasteiger partial charge in [0.2, 0.25) is 0 Å². The zero-order valence-electron chi connectivity index (χ0n) is 15.7. The van der Waals surface area contributed by atoms with Crippen LogP contribution in [-0.2, 0) is 23.2 Å². The summed E-state index contributed by atoms with van der Waals surface area (Å²) in [6.45, 7) is 4.56. The van der Waals surface area contributed by atoms with E-state index in [2.05, 4.69) is 4.90 Å². The second kappa shape index (κ2) is 7.89. The molecule has 0 unspecified atom stereocenters. The van der Waals surface area contributed by atoms with Crippen molar-refractivity contribution in [2.75, 3.05) is 40.3 Å². The van der Waals surface area contributed by atoms with Crippen LogP contribution < -0.4 is 5.63 Å². The monoisotopic (exact) mass is 413 g/mol. The fourth-order valence-electron chi connectivity index (χ4n) is 3.28. The van der Waals surface area contributed by atoms with Gasteiger partial charge in [-0.05, 0) is 29.7 Å². The molecule has 7 nitrogen and oxygen atoms in total. The lowest BCUT2D eigenvalue weighted by molar-refractivity contribution is 0.177. The van der Waals surface area contributed by atoms with Gasteiger partial charge in [-0.1, -0.05) is 18.5 Å². The van der Waals surface area contributed by atoms with Gasteiger partial charge in [0.1, 0.15) is 5.58 Å². The minimum Gasteiger partial charge on any atom is -0.423 e. The van der Waals surface area contributed by atoms with Gasteiger partial charge >= 0.3 is 5.63 Å². The average molecular weight is 414 g/mol. The van der Waals surface area contributed by atoms with E-state index < -0.39 is 15.8 Å². The van der Waals surface area contributed by atoms with Crippen LogP contribution in [0.2, 0.25) is 5.02 Å². The first-order valence-corrected chi connectivity index (χ1v) is 10.6. The number of fused-ring (bicyclic) bond motifs is 1. The van der Waals surface area contributed by atoms with Crippen molar-refractivity contribution in [3.63, 3.8) is 0 Å². The molecule has 1 saturated heterocycles. The molecule has 0 spiro atoms. The second-order valence-corrected chi connectivity index (χ2v) is 9.40. The second-order valence-electron chi connectivity index (χ2n) is 6.85. The molecule has 1 aliphatic heterocycles. The molecule has 27 heavy (non-hydrogen) atoms. The van der Waals surface area contributed by atoms with Crippen LogP contribution in [0.1, 0.15) is 18.1 Å². The fraction of sp³-hybridized carbons (Fsp3) is 0.500. The predicted octanol–water partition coefficient (Wildman–Crippen LogP) is 1.93. The van der Waals surface area contributed by atoms with E-state index in [1.54, 1.807) is 0 Å². The Morgan fingerprint density at radius 2 is 1.78 bits per heavy atom. The molecule has 148 valence electrons. The molecule has 0 bridgehead atoms. The molecule has 3 rings (SSSR count). The van der Waals surface area contributed by atoms with Gasteiger partial charge < -0.3 is 4.42 Å². The summed E-state index contributed by atoms with van der Waals surface area (Å²) in [4.78, 5) is 14.1. The maximum absolute atomic E-state index is 12.2. The van der Waals surface area contributed by atoms with E-state index in [0.717, 1.165) is 22.9 Å². The van der Waals surface area contributed by atoms with Gasteiger partial charge in [0.05, 0.1) is 0 Å². The minimum absolute atomic E-state index is 0.393. The van der Waals surface area contributed by atoms with Crippen molar-refractivity contribution in [1.29, 1.82) is 0 Å². The number of piperazine rings is 1. The Bertz CT molecular complexity index is 996. The fourth-order valence-corrected chi connectivity index (χ4v) is 4.66. The van der Waals surface area contributed by atoms with Gasteiger partial charge in [0, 0.05) is 63.3 Å². The zero-order valence-corrected chi connectivity index (χ0v) is 17.3. The first-order chi connectivity index (χ1) is 12.7. The summed E-state index contributed by atoms with van der Waals surface area (Å²) in [5.74, 6) is 0. The SMILES string of the molecule is CCc1cc2oc(=O)cc(CN3CCN(S(=O)(=O)N(C)C)CC3)c2cc1Cl. The summed E-state index contributed by atoms with van der Waals surface area (Å²) < 4.78 is 32.5. The molecular weight excluding hydrogens is 390 g/mol. The largest absolute Gasteiger partial charge is 0.423 e. The Hall–Kier alpha value is -1.45. The molecule has 1 aromatic heterocycles. The van der Waals surface area contributed by atoms with Crippen molar-refractivity contribution in [1.82, 2.24) is 13.5 Å². The van der Waals surface area contributed by atoms with Gasteiger partial charge in [-0.15, -0.1) is 0 Å². The Kier molecular flexibility index (Phi) is 5.93. The highest BCUT2D eigenvalue weighted by Crippen LogP contribution is 2.27. The highest BCUT2D eigenvalue weighted by molar-refractivity contribution is 7.86. The normalized spacial score (nSPS) is 17.1. The summed E-state index contributed by atoms with van der Waals surface area (Å²) in [6, 6.07) is 5.16. The Balaban J connectivity index is 1.82. The van der Waals surface area contributed by atoms with Crippen molar-refractivity contribution in [2.45, 2.75) is 19.9 Å². The third-order valence-corrected chi connectivity index (χ3v) is 7.18. The molecule has 0 atom stereocenters. The van der Waals surface area contributed by atoms with Gasteiger partial charge in [-0.3, -0.25) is 4.90 Å². The summed E-state index contributed by atoms with van der Waals surface area (Å²) in [6.07, 6.45) is 0.755. The van der Waals surface area contributed by atoms with E-state index >= 15 is 0 Å². The molecule has 1 fully saturated rings. The standard InChI is InChI=1S/C18H24ClN3O4S/c1-4-13-9-17-15(11-16(13)19)14(10-18(23)26-17)12-21-5-7-22(8-6-21)27(24,25)20(2)3/h9-11H,4-8,12H2,1-3H3. The lowest BCUT2D eigenvalue weighted by Gasteiger charge is -2.35. The van der Waals surface area contributed by atoms with Crippen LogP contribution in [0, 0.1) is 0 Å². The van der Waals surface area contributed by atoms with Crippen molar-refractivity contribution < 1.29 is 12.8 Å². The third-order valence-electron chi connectivity index (χ3n) is 4.89. The van der Waals surface area contributed by atoms with E-state index in [-0.39, 0.29) is 0 Å². The molecule has 2 aromatic rings. The van der Waals surface area contributed by atoms with Crippen LogP contribution in [-0.4, -0.2) is 62.2 Å². The number of rotatable bonds is 5. The summed E-state index contributed by atoms with van der Waals surface area (Å²) in [7, 11) is -0.327. The Morgan fingerprint density at radius 3 is 2.37 bits per heavy atom. The van der Waals surface area contributed by atoms with Crippen LogP contribution in [0.3, 0.4) is 0 Å². The average Bonchev–Trinajstić information content (AvgIpc) is 2.62. The number of hydrogen-bond donors (Lipinski definition) is 0. The van der Waals surface area contributed by atoms with Crippen LogP contribution in [0.5, 0.6) is 0 Å². The lowest BCUT2D eigenvalue weighted by atomic mass is 10.1. The molecule has 0 saturated carbocycles. The zero-order chi connectivity index (χ0) is 19.8. The summed E-state index contributed by atoms with van der Waals surface area (Å²) in [5, 5.41) is 1.47. The number of halogens is 1. The minimum atomic E-state index is -3.39. The topological polar surface area (TPSA) is 74.1 Å². The van der Waals surface area contributed by atoms with Crippen LogP contribution in [0.4, 0.5) is 0 Å². The first kappa shape index (κ1) is 20.3. The van der Waals surface area contributed by atoms with Gasteiger partial charge in [0.25, 0.3) is 10.2 Å². The maximum Gasteiger partial charge on any atom is 0.336 e. The van der Waals surface area contributed by atoms with E-state index in [9.17, 15) is 13.2 Å². The number of aryl methyl sites for hydroxylation is 1. The quantitative estimate of drug-likeness (QED) is 0.700. The molecule has 2 heterocycles. The highest BCUT2D eigenvalue weighted by Gasteiger charge is 2.28. The molecule has 1 aliphatic rings. The summed E-state index contributed by atoms with van der Waals surface area (Å²) in [5.41, 5.74) is 1.92. The van der Waals surface area contributed by atoms with Crippen LogP contribution in [0.25, 0.3) is 11.0 Å².